The molecule has 0 unspecified atom stereocenters. The molecule has 156 valence electrons. The molecule has 0 amide bonds. The van der Waals surface area contributed by atoms with E-state index in [9.17, 15) is 5.11 Å². The molecule has 8 heteroatoms. The minimum Gasteiger partial charge on any atom is -0.507 e. The summed E-state index contributed by atoms with van der Waals surface area (Å²) in [6.07, 6.45) is 5.15. The van der Waals surface area contributed by atoms with Gasteiger partial charge in [-0.05, 0) is 50.2 Å². The Hall–Kier alpha value is -3.78. The number of fused-ring (bicyclic) bond motifs is 1. The third-order valence-corrected chi connectivity index (χ3v) is 5.60. The number of anilines is 1. The lowest BCUT2D eigenvalue weighted by atomic mass is 10.1. The number of nitrogens with one attached hydrogen (secondary N) is 1. The molecule has 2 aromatic carbocycles. The van der Waals surface area contributed by atoms with Crippen LogP contribution in [0.2, 0.25) is 0 Å². The molecule has 4 aromatic rings. The normalized spacial score (nSPS) is 15.1. The molecule has 0 aliphatic carbocycles. The average Bonchev–Trinajstić information content (AvgIpc) is 3.21. The Morgan fingerprint density at radius 1 is 1.06 bits per heavy atom. The van der Waals surface area contributed by atoms with Crippen LogP contribution in [0.4, 0.5) is 11.5 Å². The predicted molar refractivity (Wildman–Crippen MR) is 122 cm³/mol. The van der Waals surface area contributed by atoms with E-state index >= 15 is 0 Å². The van der Waals surface area contributed by atoms with Crippen molar-refractivity contribution in [1.82, 2.24) is 25.1 Å². The quantitative estimate of drug-likeness (QED) is 0.442. The number of para-hydroxylation sites is 1. The van der Waals surface area contributed by atoms with Gasteiger partial charge in [-0.2, -0.15) is 5.10 Å². The number of hydrogen-bond acceptors (Lipinski definition) is 7. The second-order valence-corrected chi connectivity index (χ2v) is 7.60. The van der Waals surface area contributed by atoms with Crippen molar-refractivity contribution >= 4 is 28.8 Å². The summed E-state index contributed by atoms with van der Waals surface area (Å²) in [6.45, 7) is 1.93. The highest BCUT2D eigenvalue weighted by molar-refractivity contribution is 5.98. The van der Waals surface area contributed by atoms with Crippen molar-refractivity contribution in [2.75, 3.05) is 18.8 Å². The lowest BCUT2D eigenvalue weighted by Gasteiger charge is -2.23. The zero-order valence-corrected chi connectivity index (χ0v) is 16.9. The first-order chi connectivity index (χ1) is 15.2. The predicted octanol–water partition coefficient (Wildman–Crippen LogP) is 3.46. The Morgan fingerprint density at radius 2 is 1.84 bits per heavy atom. The van der Waals surface area contributed by atoms with Gasteiger partial charge in [0.25, 0.3) is 0 Å². The maximum atomic E-state index is 9.89. The Kier molecular flexibility index (Phi) is 5.05. The van der Waals surface area contributed by atoms with Gasteiger partial charge in [-0.25, -0.2) is 14.6 Å². The van der Waals surface area contributed by atoms with Gasteiger partial charge in [-0.1, -0.05) is 24.3 Å². The van der Waals surface area contributed by atoms with Crippen molar-refractivity contribution in [3.05, 3.63) is 60.4 Å². The molecule has 2 aromatic heterocycles. The maximum Gasteiger partial charge on any atom is 0.164 e. The van der Waals surface area contributed by atoms with Gasteiger partial charge in [0, 0.05) is 17.3 Å². The van der Waals surface area contributed by atoms with E-state index in [1.165, 1.54) is 6.33 Å². The number of rotatable bonds is 4. The standard InChI is InChI=1S/C23H23N7O/c24-22-20-21(29-30(23(20)28-14-27-22)18-9-11-25-12-10-18)15-5-7-17(8-6-15)26-13-16-3-1-2-4-19(16)31/h1-8,13-14,18,25,31H,9-12H2,(H2,24,27,28). The number of benzene rings is 2. The van der Waals surface area contributed by atoms with Crippen molar-refractivity contribution in [2.24, 2.45) is 4.99 Å². The van der Waals surface area contributed by atoms with Gasteiger partial charge in [0.05, 0.1) is 17.1 Å². The van der Waals surface area contributed by atoms with E-state index in [0.29, 0.717) is 11.4 Å². The smallest absolute Gasteiger partial charge is 0.164 e. The second kappa shape index (κ2) is 8.16. The summed E-state index contributed by atoms with van der Waals surface area (Å²) < 4.78 is 2.01. The molecule has 4 N–H and O–H groups in total. The Bertz CT molecular complexity index is 1240. The maximum absolute atomic E-state index is 9.89. The molecule has 1 saturated heterocycles. The van der Waals surface area contributed by atoms with Gasteiger partial charge in [0.1, 0.15) is 23.6 Å². The van der Waals surface area contributed by atoms with Crippen LogP contribution < -0.4 is 11.1 Å². The van der Waals surface area contributed by atoms with Crippen LogP contribution in [-0.4, -0.2) is 44.2 Å². The number of piperidine rings is 1. The number of phenols is 1. The SMILES string of the molecule is Nc1ncnc2c1c(-c1ccc(N=Cc3ccccc3O)cc1)nn2C1CCNCC1. The summed E-state index contributed by atoms with van der Waals surface area (Å²) in [7, 11) is 0. The molecule has 1 fully saturated rings. The summed E-state index contributed by atoms with van der Waals surface area (Å²) >= 11 is 0. The number of aliphatic imine (C=N–C) groups is 1. The van der Waals surface area contributed by atoms with E-state index in [4.69, 9.17) is 10.8 Å². The monoisotopic (exact) mass is 413 g/mol. The number of phenolic OH excluding ortho intramolecular Hbond substituents is 1. The van der Waals surface area contributed by atoms with Crippen molar-refractivity contribution in [1.29, 1.82) is 0 Å². The third kappa shape index (κ3) is 3.73. The first-order valence-corrected chi connectivity index (χ1v) is 10.3. The lowest BCUT2D eigenvalue weighted by molar-refractivity contribution is 0.350. The molecule has 5 rings (SSSR count). The Morgan fingerprint density at radius 3 is 2.61 bits per heavy atom. The number of nitrogen functional groups attached to an aromatic ring is 1. The molecule has 31 heavy (non-hydrogen) atoms. The topological polar surface area (TPSA) is 114 Å². The highest BCUT2D eigenvalue weighted by atomic mass is 16.3. The second-order valence-electron chi connectivity index (χ2n) is 7.60. The molecule has 0 bridgehead atoms. The first-order valence-electron chi connectivity index (χ1n) is 10.3. The van der Waals surface area contributed by atoms with E-state index < -0.39 is 0 Å². The van der Waals surface area contributed by atoms with Gasteiger partial charge in [0.2, 0.25) is 0 Å². The van der Waals surface area contributed by atoms with E-state index in [0.717, 1.165) is 53.9 Å². The highest BCUT2D eigenvalue weighted by Gasteiger charge is 2.23. The summed E-state index contributed by atoms with van der Waals surface area (Å²) in [5.41, 5.74) is 10.2. The summed E-state index contributed by atoms with van der Waals surface area (Å²) in [5, 5.41) is 19.0. The molecule has 1 aliphatic heterocycles. The van der Waals surface area contributed by atoms with E-state index in [1.807, 2.05) is 41.1 Å². The summed E-state index contributed by atoms with van der Waals surface area (Å²) in [5.74, 6) is 0.634. The Labute approximate surface area is 179 Å². The van der Waals surface area contributed by atoms with Crippen LogP contribution in [0.25, 0.3) is 22.3 Å². The number of hydrogen-bond donors (Lipinski definition) is 3. The molecular formula is C23H23N7O. The zero-order valence-electron chi connectivity index (χ0n) is 16.9. The molecule has 0 spiro atoms. The molecular weight excluding hydrogens is 390 g/mol. The van der Waals surface area contributed by atoms with Gasteiger partial charge >= 0.3 is 0 Å². The summed E-state index contributed by atoms with van der Waals surface area (Å²) in [4.78, 5) is 13.2. The van der Waals surface area contributed by atoms with Crippen molar-refractivity contribution in [3.63, 3.8) is 0 Å². The fourth-order valence-corrected chi connectivity index (χ4v) is 3.95. The van der Waals surface area contributed by atoms with Crippen LogP contribution in [0.5, 0.6) is 5.75 Å². The van der Waals surface area contributed by atoms with E-state index in [-0.39, 0.29) is 11.8 Å². The van der Waals surface area contributed by atoms with Crippen molar-refractivity contribution in [2.45, 2.75) is 18.9 Å². The largest absolute Gasteiger partial charge is 0.507 e. The Balaban J connectivity index is 1.50. The highest BCUT2D eigenvalue weighted by Crippen LogP contribution is 2.34. The van der Waals surface area contributed by atoms with Crippen molar-refractivity contribution in [3.8, 4) is 17.0 Å². The first kappa shape index (κ1) is 19.2. The van der Waals surface area contributed by atoms with E-state index in [2.05, 4.69) is 20.3 Å². The number of nitrogens with two attached hydrogens (primary N) is 1. The minimum absolute atomic E-state index is 0.202. The van der Waals surface area contributed by atoms with Crippen LogP contribution in [0.1, 0.15) is 24.4 Å². The van der Waals surface area contributed by atoms with Gasteiger partial charge in [0.15, 0.2) is 5.65 Å². The van der Waals surface area contributed by atoms with Gasteiger partial charge in [-0.15, -0.1) is 0 Å². The van der Waals surface area contributed by atoms with Crippen molar-refractivity contribution < 1.29 is 5.11 Å². The van der Waals surface area contributed by atoms with E-state index in [1.54, 1.807) is 18.3 Å². The van der Waals surface area contributed by atoms with Crippen LogP contribution in [0, 0.1) is 0 Å². The average molecular weight is 413 g/mol. The fourth-order valence-electron chi connectivity index (χ4n) is 3.95. The van der Waals surface area contributed by atoms with Crippen LogP contribution in [0.15, 0.2) is 59.9 Å². The minimum atomic E-state index is 0.202. The molecule has 0 saturated carbocycles. The number of nitrogens with zero attached hydrogens (tertiary/aromatic N) is 5. The molecule has 0 radical (unpaired) electrons. The fraction of sp³-hybridized carbons (Fsp3) is 0.217. The van der Waals surface area contributed by atoms with Crippen LogP contribution in [0.3, 0.4) is 0 Å². The van der Waals surface area contributed by atoms with Gasteiger partial charge < -0.3 is 16.2 Å². The number of aromatic hydroxyl groups is 1. The van der Waals surface area contributed by atoms with Gasteiger partial charge in [-0.3, -0.25) is 4.99 Å². The third-order valence-electron chi connectivity index (χ3n) is 5.60. The number of aromatic nitrogens is 4. The molecule has 1 aliphatic rings. The zero-order chi connectivity index (χ0) is 21.2. The summed E-state index contributed by atoms with van der Waals surface area (Å²) in [6, 6.07) is 15.2. The molecule has 0 atom stereocenters. The molecule has 3 heterocycles. The van der Waals surface area contributed by atoms with Crippen LogP contribution in [-0.2, 0) is 0 Å². The lowest BCUT2D eigenvalue weighted by Crippen LogP contribution is -2.30. The van der Waals surface area contributed by atoms with Crippen LogP contribution >= 0.6 is 0 Å². The molecule has 8 nitrogen and oxygen atoms in total.